The Bertz CT molecular complexity index is 174. The summed E-state index contributed by atoms with van der Waals surface area (Å²) >= 11 is 0. The Labute approximate surface area is 87.6 Å². The lowest BCUT2D eigenvalue weighted by Crippen LogP contribution is -2.46. The fraction of sp³-hybridized carbons (Fsp3) is 1.00. The molecule has 1 aliphatic carbocycles. The third kappa shape index (κ3) is 2.12. The Balaban J connectivity index is 1.95. The van der Waals surface area contributed by atoms with Crippen LogP contribution in [0.15, 0.2) is 0 Å². The van der Waals surface area contributed by atoms with Gasteiger partial charge in [-0.3, -0.25) is 0 Å². The minimum Gasteiger partial charge on any atom is -0.431 e. The maximum absolute atomic E-state index is 4.77. The lowest BCUT2D eigenvalue weighted by Gasteiger charge is -2.41. The quantitative estimate of drug-likeness (QED) is 0.616. The molecule has 14 heavy (non-hydrogen) atoms. The van der Waals surface area contributed by atoms with E-state index in [1.54, 1.807) is 0 Å². The summed E-state index contributed by atoms with van der Waals surface area (Å²) in [5, 5.41) is 0. The van der Waals surface area contributed by atoms with Gasteiger partial charge in [-0.15, -0.1) is 0 Å². The minimum atomic E-state index is 0.701. The van der Waals surface area contributed by atoms with Crippen LogP contribution in [-0.2, 0) is 0 Å². The average molecular weight is 198 g/mol. The molecule has 0 aromatic heterocycles. The molecule has 2 fully saturated rings. The van der Waals surface area contributed by atoms with Crippen LogP contribution in [0.5, 0.6) is 0 Å². The van der Waals surface area contributed by atoms with Gasteiger partial charge in [0.2, 0.25) is 0 Å². The summed E-state index contributed by atoms with van der Waals surface area (Å²) in [5.41, 5.74) is 0. The highest BCUT2D eigenvalue weighted by atomic mass is 16.5. The van der Waals surface area contributed by atoms with Gasteiger partial charge in [0, 0.05) is 25.8 Å². The van der Waals surface area contributed by atoms with Crippen molar-refractivity contribution in [3.63, 3.8) is 0 Å². The molecule has 0 aromatic rings. The van der Waals surface area contributed by atoms with E-state index in [0.29, 0.717) is 6.10 Å². The third-order valence-corrected chi connectivity index (χ3v) is 3.98. The summed E-state index contributed by atoms with van der Waals surface area (Å²) in [5.74, 6) is 1.86. The Kier molecular flexibility index (Phi) is 3.45. The van der Waals surface area contributed by atoms with Gasteiger partial charge in [0.05, 0.1) is 0 Å². The predicted molar refractivity (Wildman–Crippen MR) is 59.5 cm³/mol. The van der Waals surface area contributed by atoms with E-state index in [0.717, 1.165) is 18.4 Å². The molecule has 1 aliphatic heterocycles. The molecule has 0 bridgehead atoms. The summed E-state index contributed by atoms with van der Waals surface area (Å²) in [6, 6.07) is 0. The zero-order chi connectivity index (χ0) is 9.97. The number of aliphatic hydroxyl groups is 2. The van der Waals surface area contributed by atoms with Crippen LogP contribution in [-0.4, -0.2) is 42.5 Å². The number of fused-ring (bicyclic) bond motifs is 1. The Morgan fingerprint density at radius 1 is 1.29 bits per heavy atom. The van der Waals surface area contributed by atoms with Crippen molar-refractivity contribution in [2.75, 3.05) is 26.7 Å². The molecule has 0 aromatic carbocycles. The smallest absolute Gasteiger partial charge is 0.157 e. The van der Waals surface area contributed by atoms with Gasteiger partial charge in [0.1, 0.15) is 6.61 Å². The van der Waals surface area contributed by atoms with Crippen LogP contribution in [0.25, 0.3) is 0 Å². The van der Waals surface area contributed by atoms with Gasteiger partial charge in [-0.25, -0.2) is 0 Å². The van der Waals surface area contributed by atoms with Crippen molar-refractivity contribution in [1.29, 1.82) is 0 Å². The van der Waals surface area contributed by atoms with E-state index in [4.69, 9.17) is 4.74 Å². The molecule has 2 heteroatoms. The summed E-state index contributed by atoms with van der Waals surface area (Å²) in [6.45, 7) is 5.81. The molecule has 82 valence electrons. The molecule has 1 saturated carbocycles. The van der Waals surface area contributed by atoms with Crippen molar-refractivity contribution in [2.45, 2.75) is 38.7 Å². The second-order valence-corrected chi connectivity index (χ2v) is 4.97. The first-order chi connectivity index (χ1) is 6.81. The number of piperidine rings is 1. The fourth-order valence-corrected chi connectivity index (χ4v) is 3.31. The van der Waals surface area contributed by atoms with Crippen molar-refractivity contribution in [1.82, 2.24) is 4.90 Å². The number of rotatable bonds is 2. The lowest BCUT2D eigenvalue weighted by molar-refractivity contribution is -0.159. The van der Waals surface area contributed by atoms with Gasteiger partial charge in [-0.05, 0) is 38.8 Å². The van der Waals surface area contributed by atoms with Gasteiger partial charge < -0.3 is 9.64 Å². The van der Waals surface area contributed by atoms with Crippen LogP contribution in [0.2, 0.25) is 0 Å². The van der Waals surface area contributed by atoms with Crippen LogP contribution < -0.4 is 0 Å². The number of nitrogens with zero attached hydrogens (tertiary/aromatic N) is 1. The summed E-state index contributed by atoms with van der Waals surface area (Å²) < 4.78 is 4.77. The van der Waals surface area contributed by atoms with Crippen molar-refractivity contribution in [3.8, 4) is 0 Å². The van der Waals surface area contributed by atoms with Crippen molar-refractivity contribution in [2.24, 2.45) is 11.8 Å². The zero-order valence-corrected chi connectivity index (χ0v) is 9.58. The van der Waals surface area contributed by atoms with E-state index in [-0.39, 0.29) is 0 Å². The number of hydrogen-bond acceptors (Lipinski definition) is 1. The van der Waals surface area contributed by atoms with E-state index < -0.39 is 0 Å². The van der Waals surface area contributed by atoms with Crippen molar-refractivity contribution in [3.05, 3.63) is 0 Å². The van der Waals surface area contributed by atoms with Crippen molar-refractivity contribution < 1.29 is 4.74 Å². The van der Waals surface area contributed by atoms with Crippen LogP contribution in [0.1, 0.15) is 32.6 Å². The monoisotopic (exact) mass is 198 g/mol. The molecular weight excluding hydrogens is 174 g/mol. The van der Waals surface area contributed by atoms with Crippen LogP contribution >= 0.6 is 0 Å². The highest BCUT2D eigenvalue weighted by Gasteiger charge is 2.39. The first-order valence-corrected chi connectivity index (χ1v) is 6.16. The molecule has 2 nitrogen and oxygen atoms in total. The van der Waals surface area contributed by atoms with Gasteiger partial charge in [0.25, 0.3) is 0 Å². The second-order valence-electron chi connectivity index (χ2n) is 4.97. The first-order valence-electron chi connectivity index (χ1n) is 6.16. The number of hydrogen-bond donors (Lipinski definition) is 0. The topological polar surface area (TPSA) is 16.0 Å². The molecule has 3 atom stereocenters. The maximum atomic E-state index is 4.77. The van der Waals surface area contributed by atoms with Crippen LogP contribution in [0.4, 0.5) is 0 Å². The Morgan fingerprint density at radius 2 is 2.14 bits per heavy atom. The van der Waals surface area contributed by atoms with Crippen LogP contribution in [0.3, 0.4) is 0 Å². The summed E-state index contributed by atoms with van der Waals surface area (Å²) in [6.07, 6.45) is 6.30. The normalized spacial score (nSPS) is 39.4. The lowest BCUT2D eigenvalue weighted by atomic mass is 9.73. The number of ether oxygens (including phenoxy) is 1. The van der Waals surface area contributed by atoms with Crippen molar-refractivity contribution >= 4 is 0 Å². The number of likely N-dealkylation sites (tertiary alicyclic amines) is 1. The standard InChI is InChI=1S/C12H23NO/c1-3-14-12-6-4-5-10-9-13(2)8-7-11(10)12/h10-12H,3-9H2,1-2H3/p+1. The maximum Gasteiger partial charge on any atom is 0.157 e. The van der Waals surface area contributed by atoms with E-state index in [1.807, 2.05) is 0 Å². The largest absolute Gasteiger partial charge is 0.431 e. The molecule has 1 N–H and O–H groups in total. The highest BCUT2D eigenvalue weighted by Crippen LogP contribution is 2.36. The Morgan fingerprint density at radius 3 is 2.93 bits per heavy atom. The van der Waals surface area contributed by atoms with E-state index in [1.165, 1.54) is 38.8 Å². The molecule has 0 radical (unpaired) electrons. The van der Waals surface area contributed by atoms with Gasteiger partial charge in [0.15, 0.2) is 6.10 Å². The van der Waals surface area contributed by atoms with Gasteiger partial charge >= 0.3 is 0 Å². The minimum absolute atomic E-state index is 0.701. The predicted octanol–water partition coefficient (Wildman–Crippen LogP) is 1.65. The summed E-state index contributed by atoms with van der Waals surface area (Å²) in [7, 11) is 2.26. The molecule has 1 heterocycles. The van der Waals surface area contributed by atoms with E-state index >= 15 is 0 Å². The van der Waals surface area contributed by atoms with Crippen LogP contribution in [0, 0.1) is 11.8 Å². The molecule has 0 spiro atoms. The fourth-order valence-electron chi connectivity index (χ4n) is 3.31. The Hall–Kier alpha value is -0.0800. The molecule has 2 rings (SSSR count). The van der Waals surface area contributed by atoms with E-state index in [9.17, 15) is 0 Å². The second kappa shape index (κ2) is 4.63. The first kappa shape index (κ1) is 10.4. The molecular formula is C12H24NO+. The molecule has 2 aliphatic rings. The van der Waals surface area contributed by atoms with E-state index in [2.05, 4.69) is 18.9 Å². The van der Waals surface area contributed by atoms with Gasteiger partial charge in [-0.2, -0.15) is 0 Å². The SMILES string of the molecule is CC[OH+]C1CCCC2CN(C)CCC21. The molecule has 1 saturated heterocycles. The third-order valence-electron chi connectivity index (χ3n) is 3.98. The highest BCUT2D eigenvalue weighted by molar-refractivity contribution is 4.87. The molecule has 3 unspecified atom stereocenters. The molecule has 0 amide bonds. The van der Waals surface area contributed by atoms with Gasteiger partial charge in [-0.1, -0.05) is 0 Å². The summed E-state index contributed by atoms with van der Waals surface area (Å²) in [4.78, 5) is 2.50. The zero-order valence-electron chi connectivity index (χ0n) is 9.58. The average Bonchev–Trinajstić information content (AvgIpc) is 2.18.